The lowest BCUT2D eigenvalue weighted by Crippen LogP contribution is -2.35. The van der Waals surface area contributed by atoms with E-state index in [-0.39, 0.29) is 0 Å². The van der Waals surface area contributed by atoms with E-state index < -0.39 is 0 Å². The molecule has 0 saturated carbocycles. The molecule has 1 N–H and O–H groups in total. The van der Waals surface area contributed by atoms with Crippen molar-refractivity contribution < 1.29 is 4.79 Å². The number of nitrogens with one attached hydrogen (secondary N) is 1. The number of nitrogens with zero attached hydrogens (tertiary/aromatic N) is 1. The summed E-state index contributed by atoms with van der Waals surface area (Å²) in [6.07, 6.45) is 6.67. The molecular formula is C15H30N2O. The van der Waals surface area contributed by atoms with Crippen molar-refractivity contribution in [2.75, 3.05) is 19.6 Å². The smallest absolute Gasteiger partial charge is 0.222 e. The van der Waals surface area contributed by atoms with Crippen LogP contribution in [0.5, 0.6) is 0 Å². The summed E-state index contributed by atoms with van der Waals surface area (Å²) >= 11 is 0. The molecule has 0 aromatic carbocycles. The minimum atomic E-state index is 0.373. The monoisotopic (exact) mass is 254 g/mol. The van der Waals surface area contributed by atoms with E-state index in [1.165, 1.54) is 19.3 Å². The van der Waals surface area contributed by atoms with Crippen LogP contribution in [0, 0.1) is 5.92 Å². The van der Waals surface area contributed by atoms with Gasteiger partial charge in [-0.1, -0.05) is 26.7 Å². The van der Waals surface area contributed by atoms with Gasteiger partial charge in [0.15, 0.2) is 0 Å². The van der Waals surface area contributed by atoms with E-state index in [0.717, 1.165) is 44.8 Å². The molecule has 1 heterocycles. The molecule has 0 aromatic heterocycles. The molecule has 0 aliphatic carbocycles. The molecule has 2 unspecified atom stereocenters. The Hall–Kier alpha value is -0.570. The van der Waals surface area contributed by atoms with Crippen LogP contribution in [0.15, 0.2) is 0 Å². The normalized spacial score (nSPS) is 22.9. The molecule has 0 spiro atoms. The number of likely N-dealkylation sites (tertiary alicyclic amines) is 1. The number of amides is 1. The lowest BCUT2D eigenvalue weighted by molar-refractivity contribution is -0.130. The van der Waals surface area contributed by atoms with Gasteiger partial charge in [0.1, 0.15) is 0 Å². The summed E-state index contributed by atoms with van der Waals surface area (Å²) in [6.45, 7) is 9.47. The Morgan fingerprint density at radius 3 is 2.83 bits per heavy atom. The lowest BCUT2D eigenvalue weighted by atomic mass is 9.96. The summed E-state index contributed by atoms with van der Waals surface area (Å²) in [6, 6.07) is 0.512. The largest absolute Gasteiger partial charge is 0.343 e. The molecule has 1 rings (SSSR count). The van der Waals surface area contributed by atoms with E-state index in [1.807, 2.05) is 0 Å². The standard InChI is InChI=1S/C15H30N2O/c1-4-6-14-7-8-15(18)17(12-10-14)11-9-13(3)16-5-2/h13-14,16H,4-12H2,1-3H3. The van der Waals surface area contributed by atoms with Gasteiger partial charge in [-0.3, -0.25) is 4.79 Å². The highest BCUT2D eigenvalue weighted by Crippen LogP contribution is 2.22. The van der Waals surface area contributed by atoms with Crippen molar-refractivity contribution in [2.45, 2.75) is 65.3 Å². The molecule has 106 valence electrons. The third-order valence-electron chi connectivity index (χ3n) is 4.01. The van der Waals surface area contributed by atoms with Crippen LogP contribution in [-0.2, 0) is 4.79 Å². The van der Waals surface area contributed by atoms with Crippen molar-refractivity contribution in [2.24, 2.45) is 5.92 Å². The van der Waals surface area contributed by atoms with Crippen LogP contribution in [0.2, 0.25) is 0 Å². The van der Waals surface area contributed by atoms with Crippen molar-refractivity contribution in [1.82, 2.24) is 10.2 Å². The van der Waals surface area contributed by atoms with Crippen LogP contribution in [0.1, 0.15) is 59.3 Å². The van der Waals surface area contributed by atoms with Gasteiger partial charge in [0.25, 0.3) is 0 Å². The highest BCUT2D eigenvalue weighted by atomic mass is 16.2. The van der Waals surface area contributed by atoms with E-state index in [0.29, 0.717) is 11.9 Å². The topological polar surface area (TPSA) is 32.3 Å². The van der Waals surface area contributed by atoms with Crippen LogP contribution >= 0.6 is 0 Å². The Balaban J connectivity index is 2.34. The maximum absolute atomic E-state index is 12.0. The number of carbonyl (C=O) groups excluding carboxylic acids is 1. The third kappa shape index (κ3) is 5.38. The first-order chi connectivity index (χ1) is 8.67. The van der Waals surface area contributed by atoms with Crippen molar-refractivity contribution in [1.29, 1.82) is 0 Å². The van der Waals surface area contributed by atoms with Crippen LogP contribution in [-0.4, -0.2) is 36.5 Å². The fraction of sp³-hybridized carbons (Fsp3) is 0.933. The van der Waals surface area contributed by atoms with E-state index in [2.05, 4.69) is 31.0 Å². The van der Waals surface area contributed by atoms with Crippen LogP contribution < -0.4 is 5.32 Å². The molecule has 3 heteroatoms. The summed E-state index contributed by atoms with van der Waals surface area (Å²) in [4.78, 5) is 14.1. The van der Waals surface area contributed by atoms with Crippen molar-refractivity contribution in [3.63, 3.8) is 0 Å². The van der Waals surface area contributed by atoms with Gasteiger partial charge in [0.2, 0.25) is 5.91 Å². The van der Waals surface area contributed by atoms with Gasteiger partial charge in [-0.05, 0) is 38.6 Å². The Morgan fingerprint density at radius 2 is 2.17 bits per heavy atom. The SMILES string of the molecule is CCCC1CCC(=O)N(CCC(C)NCC)CC1. The van der Waals surface area contributed by atoms with Crippen molar-refractivity contribution in [3.05, 3.63) is 0 Å². The second-order valence-corrected chi connectivity index (χ2v) is 5.61. The first-order valence-corrected chi connectivity index (χ1v) is 7.68. The first kappa shape index (κ1) is 15.5. The lowest BCUT2D eigenvalue weighted by Gasteiger charge is -2.23. The molecule has 1 saturated heterocycles. The molecule has 0 bridgehead atoms. The van der Waals surface area contributed by atoms with Gasteiger partial charge in [-0.15, -0.1) is 0 Å². The molecule has 3 nitrogen and oxygen atoms in total. The number of hydrogen-bond donors (Lipinski definition) is 1. The van der Waals surface area contributed by atoms with Gasteiger partial charge in [-0.25, -0.2) is 0 Å². The molecule has 0 radical (unpaired) electrons. The van der Waals surface area contributed by atoms with Gasteiger partial charge in [0, 0.05) is 25.6 Å². The van der Waals surface area contributed by atoms with E-state index >= 15 is 0 Å². The Kier molecular flexibility index (Phi) is 7.33. The molecule has 0 aromatic rings. The van der Waals surface area contributed by atoms with Gasteiger partial charge in [0.05, 0.1) is 0 Å². The molecular weight excluding hydrogens is 224 g/mol. The Morgan fingerprint density at radius 1 is 1.39 bits per heavy atom. The van der Waals surface area contributed by atoms with Crippen molar-refractivity contribution >= 4 is 5.91 Å². The highest BCUT2D eigenvalue weighted by Gasteiger charge is 2.21. The minimum absolute atomic E-state index is 0.373. The first-order valence-electron chi connectivity index (χ1n) is 7.68. The van der Waals surface area contributed by atoms with Gasteiger partial charge < -0.3 is 10.2 Å². The summed E-state index contributed by atoms with van der Waals surface area (Å²) < 4.78 is 0. The number of hydrogen-bond acceptors (Lipinski definition) is 2. The summed E-state index contributed by atoms with van der Waals surface area (Å²) in [5.41, 5.74) is 0. The average molecular weight is 254 g/mol. The summed E-state index contributed by atoms with van der Waals surface area (Å²) in [5, 5.41) is 3.41. The summed E-state index contributed by atoms with van der Waals surface area (Å²) in [7, 11) is 0. The molecule has 2 atom stereocenters. The van der Waals surface area contributed by atoms with Gasteiger partial charge >= 0.3 is 0 Å². The average Bonchev–Trinajstić information content (AvgIpc) is 2.51. The molecule has 18 heavy (non-hydrogen) atoms. The quantitative estimate of drug-likeness (QED) is 0.757. The predicted octanol–water partition coefficient (Wildman–Crippen LogP) is 2.80. The molecule has 1 amide bonds. The van der Waals surface area contributed by atoms with E-state index in [9.17, 15) is 4.79 Å². The summed E-state index contributed by atoms with van der Waals surface area (Å²) in [5.74, 6) is 1.15. The van der Waals surface area contributed by atoms with Crippen LogP contribution in [0.3, 0.4) is 0 Å². The second kappa shape index (κ2) is 8.52. The van der Waals surface area contributed by atoms with Crippen molar-refractivity contribution in [3.8, 4) is 0 Å². The molecule has 1 aliphatic heterocycles. The highest BCUT2D eigenvalue weighted by molar-refractivity contribution is 5.76. The fourth-order valence-corrected chi connectivity index (χ4v) is 2.83. The maximum Gasteiger partial charge on any atom is 0.222 e. The van der Waals surface area contributed by atoms with Gasteiger partial charge in [-0.2, -0.15) is 0 Å². The number of rotatable bonds is 7. The second-order valence-electron chi connectivity index (χ2n) is 5.61. The van der Waals surface area contributed by atoms with E-state index in [4.69, 9.17) is 0 Å². The van der Waals surface area contributed by atoms with E-state index in [1.54, 1.807) is 0 Å². The Bertz CT molecular complexity index is 243. The van der Waals surface area contributed by atoms with Crippen LogP contribution in [0.4, 0.5) is 0 Å². The third-order valence-corrected chi connectivity index (χ3v) is 4.01. The fourth-order valence-electron chi connectivity index (χ4n) is 2.83. The zero-order valence-electron chi connectivity index (χ0n) is 12.4. The zero-order valence-corrected chi connectivity index (χ0v) is 12.4. The Labute approximate surface area is 112 Å². The predicted molar refractivity (Wildman–Crippen MR) is 76.6 cm³/mol. The molecule has 1 fully saturated rings. The molecule has 1 aliphatic rings. The number of carbonyl (C=O) groups is 1. The van der Waals surface area contributed by atoms with Crippen LogP contribution in [0.25, 0.3) is 0 Å². The minimum Gasteiger partial charge on any atom is -0.343 e. The zero-order chi connectivity index (χ0) is 13.4. The maximum atomic E-state index is 12.0.